The first-order valence-corrected chi connectivity index (χ1v) is 0. The predicted molar refractivity (Wildman–Crippen MR) is 7.81 cm³/mol. The molecule has 0 N–H and O–H groups in total. The van der Waals surface area contributed by atoms with Crippen molar-refractivity contribution in [2.24, 2.45) is 0 Å². The van der Waals surface area contributed by atoms with Gasteiger partial charge < -0.3 is 16.4 Å². The molecule has 3 nitrogen and oxygen atoms in total. The maximum absolute atomic E-state index is 0. The van der Waals surface area contributed by atoms with E-state index >= 15 is 0 Å². The maximum atomic E-state index is 0. The van der Waals surface area contributed by atoms with E-state index in [-0.39, 0.29) is 82.4 Å². The molecule has 0 fully saturated rings. The van der Waals surface area contributed by atoms with Crippen LogP contribution in [0.25, 0.3) is 0 Å². The zero-order valence-electron chi connectivity index (χ0n) is 2.31. The summed E-state index contributed by atoms with van der Waals surface area (Å²) in [7, 11) is 0. The summed E-state index contributed by atoms with van der Waals surface area (Å²) in [6, 6.07) is 0. The van der Waals surface area contributed by atoms with E-state index in [0.717, 1.165) is 0 Å². The second kappa shape index (κ2) is 38.0. The fourth-order valence-corrected chi connectivity index (χ4v) is 0. The van der Waals surface area contributed by atoms with Crippen LogP contribution in [-0.2, 0) is 33.5 Å². The standard InChI is InChI=1S/Ba.Mn.3O/q+2;;3*-2. The van der Waals surface area contributed by atoms with Crippen molar-refractivity contribution in [1.82, 2.24) is 0 Å². The molecule has 0 rings (SSSR count). The van der Waals surface area contributed by atoms with Crippen LogP contribution in [0.15, 0.2) is 0 Å². The summed E-state index contributed by atoms with van der Waals surface area (Å²) in [4.78, 5) is 0. The van der Waals surface area contributed by atoms with Crippen LogP contribution in [0.1, 0.15) is 0 Å². The van der Waals surface area contributed by atoms with Crippen LogP contribution >= 0.6 is 0 Å². The van der Waals surface area contributed by atoms with Crippen molar-refractivity contribution in [3.8, 4) is 0 Å². The fourth-order valence-electron chi connectivity index (χ4n) is 0. The Hall–Kier alpha value is 1.97. The summed E-state index contributed by atoms with van der Waals surface area (Å²) >= 11 is 0. The molecule has 0 saturated heterocycles. The van der Waals surface area contributed by atoms with Gasteiger partial charge >= 0.3 is 48.9 Å². The van der Waals surface area contributed by atoms with Crippen molar-refractivity contribution < 1.29 is 33.5 Å². The SMILES string of the molecule is [Ba+2].[Mn].[O-2].[O-2].[O-2]. The van der Waals surface area contributed by atoms with Gasteiger partial charge in [-0.3, -0.25) is 0 Å². The van der Waals surface area contributed by atoms with E-state index in [2.05, 4.69) is 0 Å². The van der Waals surface area contributed by atoms with E-state index in [0.29, 0.717) is 0 Å². The smallest absolute Gasteiger partial charge is 2.00 e. The predicted octanol–water partition coefficient (Wildman–Crippen LogP) is -0.740. The molecule has 0 unspecified atom stereocenters. The third-order valence-corrected chi connectivity index (χ3v) is 0. The van der Waals surface area contributed by atoms with Crippen molar-refractivity contribution in [2.45, 2.75) is 0 Å². The molecular formula is BaMnO3-4. The summed E-state index contributed by atoms with van der Waals surface area (Å²) in [5, 5.41) is 0. The Morgan fingerprint density at radius 1 is 0.600 bits per heavy atom. The molecule has 31 valence electrons. The average Bonchev–Trinajstić information content (AvgIpc) is 0. The molecular weight excluding hydrogens is 240 g/mol. The quantitative estimate of drug-likeness (QED) is 0.499. The van der Waals surface area contributed by atoms with Gasteiger partial charge in [-0.2, -0.15) is 0 Å². The summed E-state index contributed by atoms with van der Waals surface area (Å²) in [5.74, 6) is 0. The Labute approximate surface area is 81.0 Å². The molecule has 0 amide bonds. The molecule has 0 aromatic rings. The largest absolute Gasteiger partial charge is 2.00 e. The molecule has 0 aliphatic heterocycles. The fraction of sp³-hybridized carbons (Fsp3) is 0. The van der Waals surface area contributed by atoms with Gasteiger partial charge in [0, 0.05) is 17.1 Å². The summed E-state index contributed by atoms with van der Waals surface area (Å²) in [6.07, 6.45) is 0. The van der Waals surface area contributed by atoms with Crippen LogP contribution in [0.5, 0.6) is 0 Å². The third-order valence-electron chi connectivity index (χ3n) is 0. The molecule has 0 spiro atoms. The van der Waals surface area contributed by atoms with Crippen LogP contribution in [0.4, 0.5) is 0 Å². The van der Waals surface area contributed by atoms with E-state index in [4.69, 9.17) is 0 Å². The molecule has 0 saturated carbocycles. The summed E-state index contributed by atoms with van der Waals surface area (Å²) in [5.41, 5.74) is 0. The Balaban J connectivity index is 0. The Morgan fingerprint density at radius 3 is 0.600 bits per heavy atom. The maximum Gasteiger partial charge on any atom is 2.00 e. The molecule has 1 radical (unpaired) electrons. The first-order chi connectivity index (χ1) is 0. The van der Waals surface area contributed by atoms with Crippen molar-refractivity contribution in [3.63, 3.8) is 0 Å². The average molecular weight is 240 g/mol. The Morgan fingerprint density at radius 2 is 0.600 bits per heavy atom. The normalized spacial score (nSPS) is 0. The van der Waals surface area contributed by atoms with Crippen LogP contribution in [0.2, 0.25) is 0 Å². The second-order valence-electron chi connectivity index (χ2n) is 0. The van der Waals surface area contributed by atoms with E-state index in [1.165, 1.54) is 0 Å². The molecule has 0 atom stereocenters. The van der Waals surface area contributed by atoms with E-state index < -0.39 is 0 Å². The first kappa shape index (κ1) is 64.0. The third kappa shape index (κ3) is 24.2. The number of rotatable bonds is 0. The van der Waals surface area contributed by atoms with Gasteiger partial charge in [-0.1, -0.05) is 0 Å². The molecule has 0 bridgehead atoms. The minimum Gasteiger partial charge on any atom is -2.00 e. The monoisotopic (exact) mass is 241 g/mol. The summed E-state index contributed by atoms with van der Waals surface area (Å²) in [6.45, 7) is 0. The van der Waals surface area contributed by atoms with E-state index in [1.807, 2.05) is 0 Å². The zero-order valence-corrected chi connectivity index (χ0v) is 7.93. The van der Waals surface area contributed by atoms with Crippen molar-refractivity contribution in [1.29, 1.82) is 0 Å². The number of hydrogen-bond donors (Lipinski definition) is 0. The van der Waals surface area contributed by atoms with Crippen molar-refractivity contribution in [2.75, 3.05) is 0 Å². The van der Waals surface area contributed by atoms with Crippen molar-refractivity contribution >= 4 is 48.9 Å². The topological polar surface area (TPSA) is 85.5 Å². The van der Waals surface area contributed by atoms with Gasteiger partial charge in [-0.15, -0.1) is 0 Å². The second-order valence-corrected chi connectivity index (χ2v) is 0. The van der Waals surface area contributed by atoms with Gasteiger partial charge in [0.1, 0.15) is 0 Å². The molecule has 5 heavy (non-hydrogen) atoms. The van der Waals surface area contributed by atoms with Gasteiger partial charge in [-0.25, -0.2) is 0 Å². The Bertz CT molecular complexity index is 6.85. The van der Waals surface area contributed by atoms with Crippen molar-refractivity contribution in [3.05, 3.63) is 0 Å². The van der Waals surface area contributed by atoms with Gasteiger partial charge in [-0.05, 0) is 0 Å². The van der Waals surface area contributed by atoms with E-state index in [1.54, 1.807) is 0 Å². The van der Waals surface area contributed by atoms with Crippen LogP contribution in [0.3, 0.4) is 0 Å². The summed E-state index contributed by atoms with van der Waals surface area (Å²) < 4.78 is 0. The van der Waals surface area contributed by atoms with Gasteiger partial charge in [0.25, 0.3) is 0 Å². The van der Waals surface area contributed by atoms with Crippen LogP contribution in [0, 0.1) is 0 Å². The molecule has 5 heteroatoms. The first-order valence-electron chi connectivity index (χ1n) is 0. The molecule has 0 aliphatic rings. The van der Waals surface area contributed by atoms with Gasteiger partial charge in [0.15, 0.2) is 0 Å². The zero-order chi connectivity index (χ0) is 0. The van der Waals surface area contributed by atoms with Crippen LogP contribution < -0.4 is 0 Å². The number of hydrogen-bond acceptors (Lipinski definition) is 0. The van der Waals surface area contributed by atoms with E-state index in [9.17, 15) is 0 Å². The van der Waals surface area contributed by atoms with Gasteiger partial charge in [0.05, 0.1) is 0 Å². The Kier molecular flexibility index (Phi) is 486. The molecule has 0 aromatic carbocycles. The molecule has 0 aromatic heterocycles. The molecule has 0 heterocycles. The van der Waals surface area contributed by atoms with Gasteiger partial charge in [0.2, 0.25) is 0 Å². The molecule has 0 aliphatic carbocycles. The minimum absolute atomic E-state index is 0. The van der Waals surface area contributed by atoms with Crippen LogP contribution in [-0.4, -0.2) is 48.9 Å². The minimum atomic E-state index is 0.